The van der Waals surface area contributed by atoms with Gasteiger partial charge in [0.2, 0.25) is 0 Å². The van der Waals surface area contributed by atoms with Crippen molar-refractivity contribution < 1.29 is 4.52 Å². The molecule has 146 valence electrons. The highest BCUT2D eigenvalue weighted by Crippen LogP contribution is 2.26. The normalized spacial score (nSPS) is 15.3. The Balaban J connectivity index is 1.60. The lowest BCUT2D eigenvalue weighted by Crippen LogP contribution is -2.52. The minimum absolute atomic E-state index is 0.718. The summed E-state index contributed by atoms with van der Waals surface area (Å²) in [4.78, 5) is 9.49. The van der Waals surface area contributed by atoms with Crippen LogP contribution in [0.4, 0.5) is 5.69 Å². The number of aliphatic imine (C=N–C) groups is 1. The van der Waals surface area contributed by atoms with Gasteiger partial charge in [-0.25, -0.2) is 0 Å². The van der Waals surface area contributed by atoms with Crippen LogP contribution in [0.3, 0.4) is 0 Å². The Kier molecular flexibility index (Phi) is 6.61. The van der Waals surface area contributed by atoms with Crippen LogP contribution in [0.5, 0.6) is 0 Å². The number of para-hydroxylation sites is 1. The van der Waals surface area contributed by atoms with Crippen molar-refractivity contribution >= 4 is 23.2 Å². The molecular weight excluding hydrogens is 362 g/mol. The van der Waals surface area contributed by atoms with Crippen LogP contribution in [0.15, 0.2) is 33.8 Å². The maximum atomic E-state index is 6.34. The molecule has 6 nitrogen and oxygen atoms in total. The lowest BCUT2D eigenvalue weighted by Gasteiger charge is -2.38. The summed E-state index contributed by atoms with van der Waals surface area (Å²) in [6.07, 6.45) is 0.843. The number of aromatic nitrogens is 1. The zero-order valence-electron chi connectivity index (χ0n) is 16.3. The molecule has 0 aliphatic carbocycles. The fourth-order valence-corrected chi connectivity index (χ4v) is 3.68. The van der Waals surface area contributed by atoms with Crippen LogP contribution in [0.2, 0.25) is 5.02 Å². The van der Waals surface area contributed by atoms with Gasteiger partial charge in [0.25, 0.3) is 0 Å². The smallest absolute Gasteiger partial charge is 0.194 e. The average molecular weight is 390 g/mol. The highest BCUT2D eigenvalue weighted by Gasteiger charge is 2.21. The Hall–Kier alpha value is -2.21. The zero-order chi connectivity index (χ0) is 19.2. The topological polar surface area (TPSA) is 56.9 Å². The summed E-state index contributed by atoms with van der Waals surface area (Å²) in [5.74, 6) is 1.86. The van der Waals surface area contributed by atoms with Gasteiger partial charge in [0.15, 0.2) is 5.96 Å². The van der Waals surface area contributed by atoms with Crippen LogP contribution in [-0.4, -0.2) is 55.3 Å². The van der Waals surface area contributed by atoms with E-state index in [-0.39, 0.29) is 0 Å². The molecular formula is C20H28ClN5O. The lowest BCUT2D eigenvalue weighted by atomic mass is 10.1. The third-order valence-corrected chi connectivity index (χ3v) is 5.23. The van der Waals surface area contributed by atoms with E-state index < -0.39 is 0 Å². The summed E-state index contributed by atoms with van der Waals surface area (Å²) >= 11 is 6.34. The van der Waals surface area contributed by atoms with E-state index in [9.17, 15) is 0 Å². The second-order valence-corrected chi connectivity index (χ2v) is 7.12. The second kappa shape index (κ2) is 9.13. The number of nitrogens with zero attached hydrogens (tertiary/aromatic N) is 4. The molecule has 0 bridgehead atoms. The molecule has 1 aliphatic rings. The van der Waals surface area contributed by atoms with Crippen LogP contribution in [0, 0.1) is 13.8 Å². The Bertz CT molecular complexity index is 761. The molecule has 1 N–H and O–H groups in total. The van der Waals surface area contributed by atoms with Gasteiger partial charge in [0.05, 0.1) is 16.4 Å². The monoisotopic (exact) mass is 389 g/mol. The number of benzene rings is 1. The fraction of sp³-hybridized carbons (Fsp3) is 0.500. The van der Waals surface area contributed by atoms with Crippen molar-refractivity contribution in [2.45, 2.75) is 27.2 Å². The maximum absolute atomic E-state index is 6.34. The lowest BCUT2D eigenvalue weighted by molar-refractivity contribution is 0.372. The molecule has 0 unspecified atom stereocenters. The van der Waals surface area contributed by atoms with E-state index in [4.69, 9.17) is 21.1 Å². The molecule has 1 aliphatic heterocycles. The standard InChI is InChI=1S/C20H28ClN5O/c1-4-22-20(23-10-9-17-15(2)24-27-16(17)3)26-13-11-25(12-14-26)19-8-6-5-7-18(19)21/h5-8H,4,9-14H2,1-3H3,(H,22,23). The molecule has 0 atom stereocenters. The van der Waals surface area contributed by atoms with Crippen LogP contribution in [0.1, 0.15) is 23.9 Å². The predicted octanol–water partition coefficient (Wildman–Crippen LogP) is 3.28. The van der Waals surface area contributed by atoms with Gasteiger partial charge in [-0.1, -0.05) is 28.9 Å². The summed E-state index contributed by atoms with van der Waals surface area (Å²) in [6, 6.07) is 8.04. The van der Waals surface area contributed by atoms with Crippen LogP contribution in [0.25, 0.3) is 0 Å². The van der Waals surface area contributed by atoms with E-state index >= 15 is 0 Å². The van der Waals surface area contributed by atoms with Crippen molar-refractivity contribution in [2.75, 3.05) is 44.2 Å². The number of anilines is 1. The van der Waals surface area contributed by atoms with Crippen LogP contribution in [-0.2, 0) is 6.42 Å². The van der Waals surface area contributed by atoms with E-state index in [1.54, 1.807) is 0 Å². The fourth-order valence-electron chi connectivity index (χ4n) is 3.43. The molecule has 0 spiro atoms. The first kappa shape index (κ1) is 19.5. The molecule has 2 aromatic rings. The van der Waals surface area contributed by atoms with Crippen molar-refractivity contribution in [1.82, 2.24) is 15.4 Å². The Morgan fingerprint density at radius 2 is 1.96 bits per heavy atom. The first-order valence-corrected chi connectivity index (χ1v) is 9.92. The quantitative estimate of drug-likeness (QED) is 0.628. The highest BCUT2D eigenvalue weighted by molar-refractivity contribution is 6.33. The maximum Gasteiger partial charge on any atom is 0.194 e. The van der Waals surface area contributed by atoms with Gasteiger partial charge >= 0.3 is 0 Å². The molecule has 7 heteroatoms. The van der Waals surface area contributed by atoms with Crippen LogP contribution < -0.4 is 10.2 Å². The first-order chi connectivity index (χ1) is 13.1. The number of piperazine rings is 1. The van der Waals surface area contributed by atoms with E-state index in [0.717, 1.165) is 79.4 Å². The van der Waals surface area contributed by atoms with Crippen molar-refractivity contribution in [3.63, 3.8) is 0 Å². The average Bonchev–Trinajstić information content (AvgIpc) is 3.00. The van der Waals surface area contributed by atoms with E-state index in [1.165, 1.54) is 0 Å². The third-order valence-electron chi connectivity index (χ3n) is 4.91. The molecule has 0 saturated carbocycles. The summed E-state index contributed by atoms with van der Waals surface area (Å²) in [5.41, 5.74) is 3.23. The molecule has 3 rings (SSSR count). The summed E-state index contributed by atoms with van der Waals surface area (Å²) in [7, 11) is 0. The number of nitrogens with one attached hydrogen (secondary N) is 1. The number of hydrogen-bond acceptors (Lipinski definition) is 4. The van der Waals surface area contributed by atoms with Gasteiger partial charge < -0.3 is 19.6 Å². The zero-order valence-corrected chi connectivity index (χ0v) is 17.1. The second-order valence-electron chi connectivity index (χ2n) is 6.71. The Morgan fingerprint density at radius 1 is 1.22 bits per heavy atom. The summed E-state index contributed by atoms with van der Waals surface area (Å²) in [6.45, 7) is 11.3. The van der Waals surface area contributed by atoms with Gasteiger partial charge in [-0.15, -0.1) is 0 Å². The Morgan fingerprint density at radius 3 is 2.59 bits per heavy atom. The van der Waals surface area contributed by atoms with Crippen molar-refractivity contribution in [3.05, 3.63) is 46.3 Å². The van der Waals surface area contributed by atoms with Crippen molar-refractivity contribution in [3.8, 4) is 0 Å². The molecule has 0 radical (unpaired) electrons. The molecule has 27 heavy (non-hydrogen) atoms. The highest BCUT2D eigenvalue weighted by atomic mass is 35.5. The van der Waals surface area contributed by atoms with Gasteiger partial charge in [-0.05, 0) is 39.3 Å². The van der Waals surface area contributed by atoms with Crippen LogP contribution >= 0.6 is 11.6 Å². The minimum Gasteiger partial charge on any atom is -0.367 e. The number of guanidine groups is 1. The predicted molar refractivity (Wildman–Crippen MR) is 111 cm³/mol. The number of aryl methyl sites for hydroxylation is 2. The SMILES string of the molecule is CCNC(=NCCc1c(C)noc1C)N1CCN(c2ccccc2Cl)CC1. The minimum atomic E-state index is 0.718. The van der Waals surface area contributed by atoms with Gasteiger partial charge in [0, 0.05) is 44.8 Å². The van der Waals surface area contributed by atoms with Gasteiger partial charge in [-0.3, -0.25) is 4.99 Å². The molecule has 1 saturated heterocycles. The van der Waals surface area contributed by atoms with Gasteiger partial charge in [-0.2, -0.15) is 0 Å². The molecule has 1 aromatic carbocycles. The number of halogens is 1. The van der Waals surface area contributed by atoms with E-state index in [1.807, 2.05) is 32.0 Å². The number of hydrogen-bond donors (Lipinski definition) is 1. The molecule has 2 heterocycles. The van der Waals surface area contributed by atoms with Gasteiger partial charge in [0.1, 0.15) is 5.76 Å². The number of rotatable bonds is 5. The molecule has 1 aromatic heterocycles. The van der Waals surface area contributed by atoms with Crippen molar-refractivity contribution in [1.29, 1.82) is 0 Å². The summed E-state index contributed by atoms with van der Waals surface area (Å²) in [5, 5.41) is 8.25. The van der Waals surface area contributed by atoms with E-state index in [2.05, 4.69) is 33.3 Å². The summed E-state index contributed by atoms with van der Waals surface area (Å²) < 4.78 is 5.24. The first-order valence-electron chi connectivity index (χ1n) is 9.54. The Labute approximate surface area is 166 Å². The van der Waals surface area contributed by atoms with Crippen molar-refractivity contribution in [2.24, 2.45) is 4.99 Å². The molecule has 0 amide bonds. The molecule has 1 fully saturated rings. The third kappa shape index (κ3) is 4.75. The van der Waals surface area contributed by atoms with E-state index in [0.29, 0.717) is 0 Å². The largest absolute Gasteiger partial charge is 0.367 e.